The van der Waals surface area contributed by atoms with Gasteiger partial charge in [-0.05, 0) is 39.9 Å². The van der Waals surface area contributed by atoms with Gasteiger partial charge in [0.2, 0.25) is 0 Å². The Labute approximate surface area is 169 Å². The third kappa shape index (κ3) is 5.10. The van der Waals surface area contributed by atoms with Crippen molar-refractivity contribution in [2.24, 2.45) is 5.92 Å². The number of nitrogens with one attached hydrogen (secondary N) is 2. The summed E-state index contributed by atoms with van der Waals surface area (Å²) in [5, 5.41) is 8.09. The van der Waals surface area contributed by atoms with Crippen LogP contribution in [-0.4, -0.2) is 31.1 Å². The summed E-state index contributed by atoms with van der Waals surface area (Å²) in [6, 6.07) is 16.5. The molecule has 0 unspecified atom stereocenters. The maximum Gasteiger partial charge on any atom is 0.339 e. The number of imide groups is 1. The van der Waals surface area contributed by atoms with Gasteiger partial charge in [-0.25, -0.2) is 9.59 Å². The van der Waals surface area contributed by atoms with Crippen LogP contribution in [0.15, 0.2) is 54.6 Å². The number of carbonyl (C=O) groups is 3. The number of hydrogen-bond acceptors (Lipinski definition) is 4. The largest absolute Gasteiger partial charge is 0.452 e. The maximum absolute atomic E-state index is 12.8. The van der Waals surface area contributed by atoms with Gasteiger partial charge in [0.15, 0.2) is 6.61 Å². The SMILES string of the molecule is CC(C)CCNC(=O)NC(=O)COC(=O)c1c2ccccc2cc2ccccc12. The van der Waals surface area contributed by atoms with Crippen molar-refractivity contribution in [3.05, 3.63) is 60.2 Å². The molecule has 3 aromatic rings. The van der Waals surface area contributed by atoms with Crippen LogP contribution in [0.25, 0.3) is 21.5 Å². The first-order chi connectivity index (χ1) is 14.0. The van der Waals surface area contributed by atoms with Gasteiger partial charge in [0.05, 0.1) is 5.56 Å². The summed E-state index contributed by atoms with van der Waals surface area (Å²) < 4.78 is 5.22. The van der Waals surface area contributed by atoms with Gasteiger partial charge in [-0.1, -0.05) is 62.4 Å². The van der Waals surface area contributed by atoms with E-state index in [2.05, 4.69) is 10.6 Å². The van der Waals surface area contributed by atoms with Gasteiger partial charge in [0.25, 0.3) is 5.91 Å². The van der Waals surface area contributed by atoms with Crippen LogP contribution in [0, 0.1) is 5.92 Å². The normalized spacial score (nSPS) is 10.9. The number of benzene rings is 3. The molecule has 3 amide bonds. The highest BCUT2D eigenvalue weighted by Crippen LogP contribution is 2.29. The lowest BCUT2D eigenvalue weighted by molar-refractivity contribution is -0.123. The fraction of sp³-hybridized carbons (Fsp3) is 0.261. The minimum absolute atomic E-state index is 0.410. The maximum atomic E-state index is 12.8. The number of urea groups is 1. The zero-order chi connectivity index (χ0) is 20.8. The number of amides is 3. The lowest BCUT2D eigenvalue weighted by Crippen LogP contribution is -2.42. The number of ether oxygens (including phenoxy) is 1. The topological polar surface area (TPSA) is 84.5 Å². The van der Waals surface area contributed by atoms with Crippen molar-refractivity contribution in [3.63, 3.8) is 0 Å². The van der Waals surface area contributed by atoms with Gasteiger partial charge in [-0.3, -0.25) is 10.1 Å². The molecule has 29 heavy (non-hydrogen) atoms. The molecule has 0 fully saturated rings. The summed E-state index contributed by atoms with van der Waals surface area (Å²) in [5.41, 5.74) is 0.410. The molecule has 0 heterocycles. The highest BCUT2D eigenvalue weighted by Gasteiger charge is 2.18. The third-order valence-electron chi connectivity index (χ3n) is 4.57. The number of hydrogen-bond donors (Lipinski definition) is 2. The lowest BCUT2D eigenvalue weighted by Gasteiger charge is -2.12. The van der Waals surface area contributed by atoms with E-state index in [1.807, 2.05) is 68.4 Å². The van der Waals surface area contributed by atoms with Crippen molar-refractivity contribution in [2.75, 3.05) is 13.2 Å². The van der Waals surface area contributed by atoms with E-state index in [-0.39, 0.29) is 0 Å². The van der Waals surface area contributed by atoms with E-state index >= 15 is 0 Å². The molecular weight excluding hydrogens is 368 g/mol. The first-order valence-corrected chi connectivity index (χ1v) is 9.61. The van der Waals surface area contributed by atoms with Crippen LogP contribution in [0.3, 0.4) is 0 Å². The summed E-state index contributed by atoms with van der Waals surface area (Å²) in [5.74, 6) is -0.833. The predicted molar refractivity (Wildman–Crippen MR) is 113 cm³/mol. The van der Waals surface area contributed by atoms with Crippen LogP contribution in [0.5, 0.6) is 0 Å². The second-order valence-electron chi connectivity index (χ2n) is 7.26. The molecule has 0 bridgehead atoms. The Balaban J connectivity index is 1.70. The minimum atomic E-state index is -0.676. The first kappa shape index (κ1) is 20.3. The highest BCUT2D eigenvalue weighted by molar-refractivity contribution is 6.16. The van der Waals surface area contributed by atoms with Crippen LogP contribution in [0.4, 0.5) is 4.79 Å². The molecule has 0 atom stereocenters. The second kappa shape index (κ2) is 9.19. The molecular formula is C23H24N2O4. The van der Waals surface area contributed by atoms with E-state index in [1.54, 1.807) is 0 Å². The van der Waals surface area contributed by atoms with Crippen molar-refractivity contribution >= 4 is 39.5 Å². The van der Waals surface area contributed by atoms with Crippen molar-refractivity contribution in [2.45, 2.75) is 20.3 Å². The summed E-state index contributed by atoms with van der Waals surface area (Å²) >= 11 is 0. The van der Waals surface area contributed by atoms with E-state index < -0.39 is 24.5 Å². The Kier molecular flexibility index (Phi) is 6.44. The molecule has 6 heteroatoms. The van der Waals surface area contributed by atoms with Crippen molar-refractivity contribution in [3.8, 4) is 0 Å². The summed E-state index contributed by atoms with van der Waals surface area (Å²) in [6.07, 6.45) is 0.810. The Morgan fingerprint density at radius 3 is 2.10 bits per heavy atom. The average Bonchev–Trinajstić information content (AvgIpc) is 2.69. The fourth-order valence-electron chi connectivity index (χ4n) is 3.12. The third-order valence-corrected chi connectivity index (χ3v) is 4.57. The Morgan fingerprint density at radius 1 is 0.931 bits per heavy atom. The van der Waals surface area contributed by atoms with E-state index in [9.17, 15) is 14.4 Å². The monoisotopic (exact) mass is 392 g/mol. The predicted octanol–water partition coefficient (Wildman–Crippen LogP) is 4.02. The van der Waals surface area contributed by atoms with Gasteiger partial charge < -0.3 is 10.1 Å². The van der Waals surface area contributed by atoms with E-state index in [0.717, 1.165) is 28.0 Å². The molecule has 0 spiro atoms. The fourth-order valence-corrected chi connectivity index (χ4v) is 3.12. The Hall–Kier alpha value is -3.41. The van der Waals surface area contributed by atoms with Crippen molar-refractivity contribution in [1.29, 1.82) is 0 Å². The van der Waals surface area contributed by atoms with Crippen molar-refractivity contribution < 1.29 is 19.1 Å². The van der Waals surface area contributed by atoms with Crippen LogP contribution in [0.2, 0.25) is 0 Å². The minimum Gasteiger partial charge on any atom is -0.452 e. The molecule has 150 valence electrons. The number of rotatable bonds is 6. The molecule has 3 aromatic carbocycles. The van der Waals surface area contributed by atoms with Crippen LogP contribution < -0.4 is 10.6 Å². The molecule has 2 N–H and O–H groups in total. The van der Waals surface area contributed by atoms with E-state index in [4.69, 9.17) is 4.74 Å². The smallest absolute Gasteiger partial charge is 0.339 e. The first-order valence-electron chi connectivity index (χ1n) is 9.61. The zero-order valence-electron chi connectivity index (χ0n) is 16.5. The van der Waals surface area contributed by atoms with Gasteiger partial charge >= 0.3 is 12.0 Å². The molecule has 0 aliphatic rings. The molecule has 0 aromatic heterocycles. The van der Waals surface area contributed by atoms with Crippen LogP contribution in [0.1, 0.15) is 30.6 Å². The molecule has 3 rings (SSSR count). The number of esters is 1. The summed E-state index contributed by atoms with van der Waals surface area (Å²) in [7, 11) is 0. The van der Waals surface area contributed by atoms with E-state index in [0.29, 0.717) is 18.0 Å². The van der Waals surface area contributed by atoms with Gasteiger partial charge in [0, 0.05) is 6.54 Å². The Bertz CT molecular complexity index is 1010. The highest BCUT2D eigenvalue weighted by atomic mass is 16.5. The van der Waals surface area contributed by atoms with Gasteiger partial charge in [-0.2, -0.15) is 0 Å². The lowest BCUT2D eigenvalue weighted by atomic mass is 9.97. The molecule has 0 radical (unpaired) electrons. The second-order valence-corrected chi connectivity index (χ2v) is 7.26. The summed E-state index contributed by atoms with van der Waals surface area (Å²) in [6.45, 7) is 4.02. The van der Waals surface area contributed by atoms with Gasteiger partial charge in [-0.15, -0.1) is 0 Å². The Morgan fingerprint density at radius 2 is 1.52 bits per heavy atom. The zero-order valence-corrected chi connectivity index (χ0v) is 16.5. The standard InChI is InChI=1S/C23H24N2O4/c1-15(2)11-12-24-23(28)25-20(26)14-29-22(27)21-18-9-5-3-7-16(18)13-17-8-4-6-10-19(17)21/h3-10,13,15H,11-12,14H2,1-2H3,(H2,24,25,26,28). The number of fused-ring (bicyclic) bond motifs is 2. The molecule has 6 nitrogen and oxygen atoms in total. The van der Waals surface area contributed by atoms with E-state index in [1.165, 1.54) is 0 Å². The summed E-state index contributed by atoms with van der Waals surface area (Å²) in [4.78, 5) is 36.5. The molecule has 0 aliphatic heterocycles. The number of carbonyl (C=O) groups excluding carboxylic acids is 3. The molecule has 0 saturated carbocycles. The molecule has 0 aliphatic carbocycles. The average molecular weight is 392 g/mol. The van der Waals surface area contributed by atoms with Crippen molar-refractivity contribution in [1.82, 2.24) is 10.6 Å². The van der Waals surface area contributed by atoms with Gasteiger partial charge in [0.1, 0.15) is 0 Å². The molecule has 0 saturated heterocycles. The van der Waals surface area contributed by atoms with Crippen LogP contribution >= 0.6 is 0 Å². The van der Waals surface area contributed by atoms with Crippen LogP contribution in [-0.2, 0) is 9.53 Å². The quantitative estimate of drug-likeness (QED) is 0.490.